The van der Waals surface area contributed by atoms with E-state index in [1.54, 1.807) is 0 Å². The third-order valence-corrected chi connectivity index (χ3v) is 0. The fourth-order valence-electron chi connectivity index (χ4n) is 0. The zero-order valence-electron chi connectivity index (χ0n) is 5.32. The van der Waals surface area contributed by atoms with E-state index in [0.717, 1.165) is 0 Å². The van der Waals surface area contributed by atoms with Gasteiger partial charge in [-0.2, -0.15) is 0 Å². The molecule has 0 aliphatic heterocycles. The van der Waals surface area contributed by atoms with E-state index in [1.165, 1.54) is 16.2 Å². The van der Waals surface area contributed by atoms with Crippen molar-refractivity contribution in [2.75, 3.05) is 0 Å². The van der Waals surface area contributed by atoms with Crippen LogP contribution in [-0.2, 0) is 20.0 Å². The second kappa shape index (κ2) is 1060000. The van der Waals surface area contributed by atoms with Gasteiger partial charge in [0.15, 0.2) is 0 Å². The first-order valence-electron chi connectivity index (χ1n) is 0.167. The van der Waals surface area contributed by atoms with Crippen molar-refractivity contribution in [2.45, 2.75) is 0 Å². The second-order valence-corrected chi connectivity index (χ2v) is 0. The summed E-state index contributed by atoms with van der Waals surface area (Å²) in [7, 11) is 0. The molecule has 0 saturated carbocycles. The van der Waals surface area contributed by atoms with Gasteiger partial charge in [0.05, 0.1) is 0 Å². The van der Waals surface area contributed by atoms with Crippen molar-refractivity contribution in [2.24, 2.45) is 0 Å². The summed E-state index contributed by atoms with van der Waals surface area (Å²) in [5, 5.41) is 0. The van der Waals surface area contributed by atoms with E-state index in [2.05, 4.69) is 0 Å². The molecule has 0 amide bonds. The standard InChI is InChI=1S/Cr.9H2O.O/h;9*1H2;. The molecule has 0 atom stereocenters. The molecule has 0 spiro atoms. The summed E-state index contributed by atoms with van der Waals surface area (Å²) in [6.45, 7) is 0. The van der Waals surface area contributed by atoms with Gasteiger partial charge in [0.25, 0.3) is 0 Å². The van der Waals surface area contributed by atoms with Crippen LogP contribution in [0.4, 0.5) is 0 Å². The molecule has 18 N–H and O–H groups in total. The molecule has 0 aromatic heterocycles. The van der Waals surface area contributed by atoms with Gasteiger partial charge < -0.3 is 49.3 Å². The van der Waals surface area contributed by atoms with Crippen LogP contribution in [-0.4, -0.2) is 49.3 Å². The van der Waals surface area contributed by atoms with Gasteiger partial charge in [0.1, 0.15) is 0 Å². The molecular formula is H18CrO10. The molecule has 0 rings (SSSR count). The Hall–Kier alpha value is -0.0275. The van der Waals surface area contributed by atoms with Gasteiger partial charge >= 0.3 is 20.0 Å². The average molecular weight is 230 g/mol. The summed E-state index contributed by atoms with van der Waals surface area (Å²) >= 11 is 1.38. The Morgan fingerprint density at radius 3 is 0.364 bits per heavy atom. The predicted molar refractivity (Wildman–Crippen MR) is 33.2 cm³/mol. The molecule has 11 heteroatoms. The quantitative estimate of drug-likeness (QED) is 0.384. The first-order valence-corrected chi connectivity index (χ1v) is 0.687. The average Bonchev–Trinajstić information content (AvgIpc) is 1.00. The molecule has 0 radical (unpaired) electrons. The molecule has 0 bridgehead atoms. The molecule has 0 aliphatic rings. The Morgan fingerprint density at radius 1 is 0.364 bits per heavy atom. The molecule has 84 valence electrons. The summed E-state index contributed by atoms with van der Waals surface area (Å²) in [6.07, 6.45) is 0. The van der Waals surface area contributed by atoms with E-state index >= 15 is 0 Å². The van der Waals surface area contributed by atoms with Crippen LogP contribution in [0.2, 0.25) is 0 Å². The summed E-state index contributed by atoms with van der Waals surface area (Å²) in [4.78, 5) is 0. The monoisotopic (exact) mass is 230 g/mol. The Bertz CT molecular complexity index is 4.83. The van der Waals surface area contributed by atoms with Crippen LogP contribution in [0.3, 0.4) is 0 Å². The van der Waals surface area contributed by atoms with E-state index in [4.69, 9.17) is 3.80 Å². The van der Waals surface area contributed by atoms with Crippen molar-refractivity contribution < 1.29 is 69.3 Å². The van der Waals surface area contributed by atoms with Crippen LogP contribution in [0.5, 0.6) is 0 Å². The number of rotatable bonds is 0. The topological polar surface area (TPSA) is 301 Å². The van der Waals surface area contributed by atoms with Crippen molar-refractivity contribution >= 4 is 0 Å². The van der Waals surface area contributed by atoms with Gasteiger partial charge in [-0.3, -0.25) is 0 Å². The summed E-state index contributed by atoms with van der Waals surface area (Å²) in [5.74, 6) is 0. The molecular weight excluding hydrogens is 212 g/mol. The van der Waals surface area contributed by atoms with E-state index in [1.807, 2.05) is 0 Å². The van der Waals surface area contributed by atoms with Gasteiger partial charge in [-0.05, 0) is 0 Å². The van der Waals surface area contributed by atoms with Gasteiger partial charge in [-0.25, -0.2) is 0 Å². The molecule has 0 heterocycles. The fourth-order valence-corrected chi connectivity index (χ4v) is 0. The summed E-state index contributed by atoms with van der Waals surface area (Å²) in [6, 6.07) is 0. The van der Waals surface area contributed by atoms with Crippen molar-refractivity contribution in [3.63, 3.8) is 0 Å². The van der Waals surface area contributed by atoms with Crippen LogP contribution in [0.1, 0.15) is 0 Å². The SMILES string of the molecule is O.O.O.O.O.O.O.O.O.[O]=[Cr]. The van der Waals surface area contributed by atoms with Gasteiger partial charge in [0, 0.05) is 0 Å². The van der Waals surface area contributed by atoms with Crippen LogP contribution < -0.4 is 0 Å². The Labute approximate surface area is 70.2 Å². The zero-order chi connectivity index (χ0) is 2.00. The fraction of sp³-hybridized carbons (Fsp3) is 0. The van der Waals surface area contributed by atoms with Crippen LogP contribution >= 0.6 is 0 Å². The maximum atomic E-state index is 8.12. The molecule has 0 unspecified atom stereocenters. The molecule has 0 fully saturated rings. The molecule has 0 aliphatic carbocycles. The van der Waals surface area contributed by atoms with E-state index in [-0.39, 0.29) is 49.3 Å². The zero-order valence-corrected chi connectivity index (χ0v) is 6.59. The van der Waals surface area contributed by atoms with E-state index in [9.17, 15) is 0 Å². The number of hydrogen-bond acceptors (Lipinski definition) is 1. The van der Waals surface area contributed by atoms with Crippen LogP contribution in [0, 0.1) is 0 Å². The van der Waals surface area contributed by atoms with Crippen molar-refractivity contribution in [3.8, 4) is 0 Å². The molecule has 0 aromatic carbocycles. The van der Waals surface area contributed by atoms with Gasteiger partial charge in [0.2, 0.25) is 0 Å². The first kappa shape index (κ1) is 1150. The molecule has 0 aromatic rings. The van der Waals surface area contributed by atoms with Crippen LogP contribution in [0.15, 0.2) is 0 Å². The summed E-state index contributed by atoms with van der Waals surface area (Å²) < 4.78 is 8.12. The third kappa shape index (κ3) is 836000. The maximum absolute atomic E-state index is 8.12. The van der Waals surface area contributed by atoms with E-state index in [0.29, 0.717) is 0 Å². The molecule has 0 saturated heterocycles. The summed E-state index contributed by atoms with van der Waals surface area (Å²) in [5.41, 5.74) is 0. The number of hydrogen-bond donors (Lipinski definition) is 0. The van der Waals surface area contributed by atoms with Crippen LogP contribution in [0.25, 0.3) is 0 Å². The minimum atomic E-state index is 0. The van der Waals surface area contributed by atoms with E-state index < -0.39 is 0 Å². The second-order valence-electron chi connectivity index (χ2n) is 0. The molecule has 10 nitrogen and oxygen atoms in total. The minimum absolute atomic E-state index is 0. The first-order chi connectivity index (χ1) is 1.00. The van der Waals surface area contributed by atoms with Crippen molar-refractivity contribution in [1.82, 2.24) is 0 Å². The van der Waals surface area contributed by atoms with Gasteiger partial charge in [-0.1, -0.05) is 0 Å². The third-order valence-electron chi connectivity index (χ3n) is 0. The Kier molecular flexibility index (Phi) is 111000000. The van der Waals surface area contributed by atoms with Crippen molar-refractivity contribution in [1.29, 1.82) is 0 Å². The predicted octanol–water partition coefficient (Wildman–Crippen LogP) is -7.54. The van der Waals surface area contributed by atoms with Crippen molar-refractivity contribution in [3.05, 3.63) is 0 Å². The molecule has 11 heavy (non-hydrogen) atoms. The Balaban J connectivity index is -0.000000000139. The normalized spacial score (nSPS) is 0.364. The van der Waals surface area contributed by atoms with Gasteiger partial charge in [-0.15, -0.1) is 0 Å². The Morgan fingerprint density at radius 2 is 0.364 bits per heavy atom.